The zero-order valence-corrected chi connectivity index (χ0v) is 10.3. The van der Waals surface area contributed by atoms with Crippen molar-refractivity contribution in [1.82, 2.24) is 0 Å². The van der Waals surface area contributed by atoms with Gasteiger partial charge >= 0.3 is 5.97 Å². The van der Waals surface area contributed by atoms with Gasteiger partial charge in [-0.05, 0) is 17.0 Å². The number of carboxylic acid groups (broad SMARTS) is 1. The molecule has 2 rings (SSSR count). The molecule has 0 aliphatic carbocycles. The number of rotatable bonds is 4. The molecule has 2 atom stereocenters. The van der Waals surface area contributed by atoms with E-state index in [1.54, 1.807) is 0 Å². The molecule has 0 aliphatic heterocycles. The monoisotopic (exact) mass is 240 g/mol. The van der Waals surface area contributed by atoms with E-state index in [1.807, 2.05) is 67.6 Å². The normalized spacial score (nSPS) is 13.8. The lowest BCUT2D eigenvalue weighted by molar-refractivity contribution is -0.139. The zero-order chi connectivity index (χ0) is 13.0. The molecule has 2 aromatic carbocycles. The molecule has 0 aliphatic rings. The smallest absolute Gasteiger partial charge is 0.311 e. The van der Waals surface area contributed by atoms with E-state index in [0.29, 0.717) is 0 Å². The van der Waals surface area contributed by atoms with Gasteiger partial charge in [0.15, 0.2) is 0 Å². The Labute approximate surface area is 107 Å². The molecule has 1 N–H and O–H groups in total. The van der Waals surface area contributed by atoms with Crippen molar-refractivity contribution in [3.05, 3.63) is 71.8 Å². The Bertz CT molecular complexity index is 505. The molecule has 0 saturated heterocycles. The van der Waals surface area contributed by atoms with E-state index >= 15 is 0 Å². The third-order valence-corrected chi connectivity index (χ3v) is 3.25. The summed E-state index contributed by atoms with van der Waals surface area (Å²) in [6.07, 6.45) is 0. The molecule has 0 radical (unpaired) electrons. The standard InChI is InChI=1S/C16H16O2/c1-12(13-8-4-2-5-9-13)15(16(17)18)14-10-6-3-7-11-14/h2-12,15H,1H3,(H,17,18)/t12-,15-/m0/s1. The number of benzene rings is 2. The average molecular weight is 240 g/mol. The predicted octanol–water partition coefficient (Wildman–Crippen LogP) is 3.66. The Morgan fingerprint density at radius 3 is 1.78 bits per heavy atom. The molecule has 2 nitrogen and oxygen atoms in total. The van der Waals surface area contributed by atoms with Gasteiger partial charge < -0.3 is 5.11 Å². The van der Waals surface area contributed by atoms with Crippen LogP contribution in [0.3, 0.4) is 0 Å². The average Bonchev–Trinajstić information content (AvgIpc) is 2.40. The molecule has 0 saturated carbocycles. The van der Waals surface area contributed by atoms with E-state index in [2.05, 4.69) is 0 Å². The van der Waals surface area contributed by atoms with Crippen LogP contribution >= 0.6 is 0 Å². The summed E-state index contributed by atoms with van der Waals surface area (Å²) in [5.74, 6) is -1.34. The summed E-state index contributed by atoms with van der Waals surface area (Å²) in [5, 5.41) is 9.46. The predicted molar refractivity (Wildman–Crippen MR) is 71.7 cm³/mol. The lowest BCUT2D eigenvalue weighted by Gasteiger charge is -2.21. The van der Waals surface area contributed by atoms with Crippen molar-refractivity contribution < 1.29 is 9.90 Å². The molecule has 2 heteroatoms. The molecule has 2 aromatic rings. The van der Waals surface area contributed by atoms with Crippen LogP contribution in [0.5, 0.6) is 0 Å². The van der Waals surface area contributed by atoms with E-state index < -0.39 is 11.9 Å². The highest BCUT2D eigenvalue weighted by molar-refractivity contribution is 5.77. The number of hydrogen-bond donors (Lipinski definition) is 1. The lowest BCUT2D eigenvalue weighted by Crippen LogP contribution is -2.18. The van der Waals surface area contributed by atoms with Crippen molar-refractivity contribution in [2.45, 2.75) is 18.8 Å². The number of aliphatic carboxylic acids is 1. The van der Waals surface area contributed by atoms with Crippen LogP contribution in [0.1, 0.15) is 29.9 Å². The third kappa shape index (κ3) is 2.59. The summed E-state index contributed by atoms with van der Waals surface area (Å²) >= 11 is 0. The van der Waals surface area contributed by atoms with Gasteiger partial charge in [0.25, 0.3) is 0 Å². The first kappa shape index (κ1) is 12.4. The maximum absolute atomic E-state index is 11.5. The SMILES string of the molecule is C[C@@H](c1ccccc1)[C@H](C(=O)O)c1ccccc1. The molecule has 0 spiro atoms. The van der Waals surface area contributed by atoms with Crippen LogP contribution in [0.2, 0.25) is 0 Å². The molecule has 0 bridgehead atoms. The topological polar surface area (TPSA) is 37.3 Å². The third-order valence-electron chi connectivity index (χ3n) is 3.25. The first-order valence-corrected chi connectivity index (χ1v) is 6.03. The first-order valence-electron chi connectivity index (χ1n) is 6.03. The van der Waals surface area contributed by atoms with Crippen LogP contribution in [0.15, 0.2) is 60.7 Å². The lowest BCUT2D eigenvalue weighted by atomic mass is 9.83. The largest absolute Gasteiger partial charge is 0.481 e. The summed E-state index contributed by atoms with van der Waals surface area (Å²) in [5.41, 5.74) is 1.90. The minimum atomic E-state index is -0.780. The Morgan fingerprint density at radius 1 is 0.889 bits per heavy atom. The van der Waals surface area contributed by atoms with E-state index in [4.69, 9.17) is 0 Å². The Morgan fingerprint density at radius 2 is 1.33 bits per heavy atom. The van der Waals surface area contributed by atoms with E-state index in [0.717, 1.165) is 11.1 Å². The fraction of sp³-hybridized carbons (Fsp3) is 0.188. The van der Waals surface area contributed by atoms with Crippen LogP contribution in [0.4, 0.5) is 0 Å². The van der Waals surface area contributed by atoms with Gasteiger partial charge in [-0.15, -0.1) is 0 Å². The minimum absolute atomic E-state index is 0.0499. The molecule has 0 unspecified atom stereocenters. The number of carboxylic acids is 1. The first-order chi connectivity index (χ1) is 8.70. The van der Waals surface area contributed by atoms with Gasteiger partial charge in [0, 0.05) is 0 Å². The number of carbonyl (C=O) groups is 1. The van der Waals surface area contributed by atoms with Gasteiger partial charge in [0.05, 0.1) is 5.92 Å². The van der Waals surface area contributed by atoms with Gasteiger partial charge in [0.1, 0.15) is 0 Å². The van der Waals surface area contributed by atoms with Crippen LogP contribution in [0.25, 0.3) is 0 Å². The second-order valence-corrected chi connectivity index (χ2v) is 4.43. The maximum Gasteiger partial charge on any atom is 0.311 e. The van der Waals surface area contributed by atoms with Crippen LogP contribution < -0.4 is 0 Å². The van der Waals surface area contributed by atoms with E-state index in [-0.39, 0.29) is 5.92 Å². The summed E-state index contributed by atoms with van der Waals surface area (Å²) in [4.78, 5) is 11.5. The molecule has 92 valence electrons. The minimum Gasteiger partial charge on any atom is -0.481 e. The van der Waals surface area contributed by atoms with Gasteiger partial charge in [-0.2, -0.15) is 0 Å². The fourth-order valence-electron chi connectivity index (χ4n) is 2.25. The fourth-order valence-corrected chi connectivity index (χ4v) is 2.25. The van der Waals surface area contributed by atoms with Gasteiger partial charge in [0.2, 0.25) is 0 Å². The Kier molecular flexibility index (Phi) is 3.78. The summed E-state index contributed by atoms with van der Waals surface area (Å²) in [7, 11) is 0. The highest BCUT2D eigenvalue weighted by Gasteiger charge is 2.27. The molecule has 0 fully saturated rings. The van der Waals surface area contributed by atoms with Crippen LogP contribution in [0, 0.1) is 0 Å². The molecule has 0 aromatic heterocycles. The van der Waals surface area contributed by atoms with Crippen LogP contribution in [-0.4, -0.2) is 11.1 Å². The Balaban J connectivity index is 2.35. The maximum atomic E-state index is 11.5. The molecular weight excluding hydrogens is 224 g/mol. The van der Waals surface area contributed by atoms with Crippen LogP contribution in [-0.2, 0) is 4.79 Å². The highest BCUT2D eigenvalue weighted by atomic mass is 16.4. The van der Waals surface area contributed by atoms with Crippen molar-refractivity contribution in [2.24, 2.45) is 0 Å². The Hall–Kier alpha value is -2.09. The number of hydrogen-bond acceptors (Lipinski definition) is 1. The second kappa shape index (κ2) is 5.50. The van der Waals surface area contributed by atoms with Crippen molar-refractivity contribution >= 4 is 5.97 Å². The molecular formula is C16H16O2. The van der Waals surface area contributed by atoms with Crippen molar-refractivity contribution in [3.63, 3.8) is 0 Å². The van der Waals surface area contributed by atoms with Crippen molar-refractivity contribution in [1.29, 1.82) is 0 Å². The van der Waals surface area contributed by atoms with E-state index in [1.165, 1.54) is 0 Å². The summed E-state index contributed by atoms with van der Waals surface area (Å²) in [6, 6.07) is 19.2. The van der Waals surface area contributed by atoms with E-state index in [9.17, 15) is 9.90 Å². The second-order valence-electron chi connectivity index (χ2n) is 4.43. The van der Waals surface area contributed by atoms with Crippen molar-refractivity contribution in [2.75, 3.05) is 0 Å². The quantitative estimate of drug-likeness (QED) is 0.885. The highest BCUT2D eigenvalue weighted by Crippen LogP contribution is 2.32. The zero-order valence-electron chi connectivity index (χ0n) is 10.3. The van der Waals surface area contributed by atoms with Crippen molar-refractivity contribution in [3.8, 4) is 0 Å². The molecule has 18 heavy (non-hydrogen) atoms. The summed E-state index contributed by atoms with van der Waals surface area (Å²) < 4.78 is 0. The summed E-state index contributed by atoms with van der Waals surface area (Å²) in [6.45, 7) is 1.96. The van der Waals surface area contributed by atoms with Gasteiger partial charge in [-0.1, -0.05) is 67.6 Å². The molecule has 0 amide bonds. The van der Waals surface area contributed by atoms with Gasteiger partial charge in [-0.3, -0.25) is 4.79 Å². The molecule has 0 heterocycles. The van der Waals surface area contributed by atoms with Gasteiger partial charge in [-0.25, -0.2) is 0 Å².